The van der Waals surface area contributed by atoms with Crippen LogP contribution in [0.2, 0.25) is 0 Å². The van der Waals surface area contributed by atoms with Gasteiger partial charge in [0, 0.05) is 48.4 Å². The van der Waals surface area contributed by atoms with Crippen molar-refractivity contribution in [2.24, 2.45) is 0 Å². The molecular formula is C34H46BBrN4O4. The van der Waals surface area contributed by atoms with Crippen LogP contribution >= 0.6 is 15.9 Å². The van der Waals surface area contributed by atoms with E-state index in [1.807, 2.05) is 18.5 Å². The van der Waals surface area contributed by atoms with Gasteiger partial charge in [-0.2, -0.15) is 0 Å². The van der Waals surface area contributed by atoms with E-state index in [2.05, 4.69) is 101 Å². The summed E-state index contributed by atoms with van der Waals surface area (Å²) in [6, 6.07) is 16.8. The van der Waals surface area contributed by atoms with E-state index in [4.69, 9.17) is 23.8 Å². The summed E-state index contributed by atoms with van der Waals surface area (Å²) in [5.41, 5.74) is 0.347. The van der Waals surface area contributed by atoms with Crippen LogP contribution in [0.4, 0.5) is 11.6 Å². The summed E-state index contributed by atoms with van der Waals surface area (Å²) in [4.78, 5) is 13.8. The van der Waals surface area contributed by atoms with Gasteiger partial charge in [0.15, 0.2) is 0 Å². The Hall–Kier alpha value is -2.76. The first-order valence-corrected chi connectivity index (χ1v) is 15.5. The molecule has 0 unspecified atom stereocenters. The van der Waals surface area contributed by atoms with Gasteiger partial charge in [0.05, 0.1) is 37.6 Å². The molecule has 0 amide bonds. The van der Waals surface area contributed by atoms with Crippen LogP contribution < -0.4 is 15.3 Å². The summed E-state index contributed by atoms with van der Waals surface area (Å²) < 4.78 is 24.3. The van der Waals surface area contributed by atoms with E-state index in [9.17, 15) is 0 Å². The van der Waals surface area contributed by atoms with Gasteiger partial charge >= 0.3 is 7.12 Å². The average Bonchev–Trinajstić information content (AvgIpc) is 3.23. The fraction of sp³-hybridized carbons (Fsp3) is 0.471. The fourth-order valence-electron chi connectivity index (χ4n) is 5.41. The molecule has 3 aliphatic rings. The normalized spacial score (nSPS) is 19.2. The van der Waals surface area contributed by atoms with Crippen molar-refractivity contribution in [3.8, 4) is 0 Å². The van der Waals surface area contributed by atoms with Crippen molar-refractivity contribution in [3.63, 3.8) is 0 Å². The Labute approximate surface area is 271 Å². The lowest BCUT2D eigenvalue weighted by atomic mass is 9.76. The van der Waals surface area contributed by atoms with E-state index < -0.39 is 0 Å². The lowest BCUT2D eigenvalue weighted by Crippen LogP contribution is -2.41. The lowest BCUT2D eigenvalue weighted by Gasteiger charge is -2.32. The second-order valence-electron chi connectivity index (χ2n) is 11.9. The summed E-state index contributed by atoms with van der Waals surface area (Å²) in [5, 5.41) is 4.61. The average molecular weight is 665 g/mol. The number of hydrogen-bond donors (Lipinski definition) is 0. The zero-order valence-corrected chi connectivity index (χ0v) is 26.4. The number of hydrogen-bond acceptors (Lipinski definition) is 8. The fourth-order valence-corrected chi connectivity index (χ4v) is 5.90. The molecule has 0 aliphatic carbocycles. The second kappa shape index (κ2) is 14.1. The van der Waals surface area contributed by atoms with Crippen LogP contribution in [0.15, 0.2) is 65.4 Å². The third-order valence-corrected chi connectivity index (χ3v) is 9.35. The number of anilines is 2. The van der Waals surface area contributed by atoms with Gasteiger partial charge in [0.25, 0.3) is 0 Å². The van der Waals surface area contributed by atoms with Crippen molar-refractivity contribution >= 4 is 61.7 Å². The number of pyridine rings is 2. The zero-order chi connectivity index (χ0) is 29.3. The molecule has 0 saturated carbocycles. The van der Waals surface area contributed by atoms with Crippen molar-refractivity contribution in [1.29, 1.82) is 0 Å². The number of morpholine rings is 2. The quantitative estimate of drug-likeness (QED) is 0.231. The van der Waals surface area contributed by atoms with Crippen LogP contribution in [0.5, 0.6) is 0 Å². The summed E-state index contributed by atoms with van der Waals surface area (Å²) in [6.45, 7) is 15.0. The first-order chi connectivity index (χ1) is 20.2. The van der Waals surface area contributed by atoms with Crippen molar-refractivity contribution in [1.82, 2.24) is 9.97 Å². The first-order valence-electron chi connectivity index (χ1n) is 14.7. The van der Waals surface area contributed by atoms with Crippen LogP contribution in [-0.4, -0.2) is 80.9 Å². The van der Waals surface area contributed by atoms with Crippen molar-refractivity contribution in [2.75, 3.05) is 62.4 Å². The predicted molar refractivity (Wildman–Crippen MR) is 186 cm³/mol. The summed E-state index contributed by atoms with van der Waals surface area (Å²) >= 11 is 3.54. The van der Waals surface area contributed by atoms with Gasteiger partial charge in [-0.25, -0.2) is 9.97 Å². The van der Waals surface area contributed by atoms with Crippen LogP contribution in [0.25, 0.3) is 21.5 Å². The maximum atomic E-state index is 6.23. The molecule has 0 bridgehead atoms. The largest absolute Gasteiger partial charge is 0.495 e. The predicted octanol–water partition coefficient (Wildman–Crippen LogP) is 6.48. The molecule has 236 valence electrons. The van der Waals surface area contributed by atoms with E-state index in [0.717, 1.165) is 90.3 Å². The van der Waals surface area contributed by atoms with Crippen LogP contribution in [-0.2, 0) is 18.8 Å². The van der Waals surface area contributed by atoms with E-state index >= 15 is 0 Å². The molecule has 5 heterocycles. The molecule has 0 spiro atoms. The van der Waals surface area contributed by atoms with Gasteiger partial charge in [-0.1, -0.05) is 61.1 Å². The Morgan fingerprint density at radius 3 is 1.66 bits per heavy atom. The van der Waals surface area contributed by atoms with Gasteiger partial charge in [0.2, 0.25) is 0 Å². The maximum absolute atomic E-state index is 6.23. The van der Waals surface area contributed by atoms with E-state index in [1.54, 1.807) is 0 Å². The summed E-state index contributed by atoms with van der Waals surface area (Å²) in [5.74, 6) is 2.04. The number of halogens is 1. The number of rotatable bonds is 3. The number of nitrogens with zero attached hydrogens (tertiary/aromatic N) is 4. The highest BCUT2D eigenvalue weighted by Crippen LogP contribution is 2.37. The van der Waals surface area contributed by atoms with Crippen molar-refractivity contribution < 1.29 is 18.8 Å². The number of fused-ring (bicyclic) bond motifs is 2. The Morgan fingerprint density at radius 1 is 0.682 bits per heavy atom. The molecule has 44 heavy (non-hydrogen) atoms. The molecule has 3 aliphatic heterocycles. The van der Waals surface area contributed by atoms with E-state index in [1.165, 1.54) is 5.39 Å². The summed E-state index contributed by atoms with van der Waals surface area (Å²) in [7, 11) is -0.371. The minimum atomic E-state index is -0.371. The molecule has 4 aromatic rings. The molecule has 3 fully saturated rings. The van der Waals surface area contributed by atoms with Crippen molar-refractivity contribution in [2.45, 2.75) is 53.8 Å². The van der Waals surface area contributed by atoms with Crippen LogP contribution in [0.3, 0.4) is 0 Å². The van der Waals surface area contributed by atoms with Crippen LogP contribution in [0, 0.1) is 0 Å². The summed E-state index contributed by atoms with van der Waals surface area (Å²) in [6.07, 6.45) is 3.88. The molecule has 0 N–H and O–H groups in total. The molecular weight excluding hydrogens is 619 g/mol. The standard InChI is InChI=1S/C19H25BN2O3.C13H13BrN2O.2CH4/c1-18(2)19(3,4)25-20(24-18)16-7-5-6-14-12-17(21-13-15(14)16)22-8-10-23-11-9-22;14-12-3-1-2-10-8-13(15-9-11(10)12)16-4-6-17-7-5-16;;/h5-7,12-13H,8-11H2,1-4H3;1-3,8-9H,4-7H2;2*1H4. The molecule has 0 atom stereocenters. The van der Waals surface area contributed by atoms with Crippen LogP contribution in [0.1, 0.15) is 42.5 Å². The Morgan fingerprint density at radius 2 is 1.14 bits per heavy atom. The van der Waals surface area contributed by atoms with Gasteiger partial charge in [-0.3, -0.25) is 0 Å². The smallest absolute Gasteiger partial charge is 0.399 e. The van der Waals surface area contributed by atoms with E-state index in [-0.39, 0.29) is 33.2 Å². The van der Waals surface area contributed by atoms with E-state index in [0.29, 0.717) is 0 Å². The Kier molecular flexibility index (Phi) is 11.0. The Balaban J connectivity index is 0.000000205. The lowest BCUT2D eigenvalue weighted by molar-refractivity contribution is 0.00578. The third kappa shape index (κ3) is 7.05. The molecule has 7 rings (SSSR count). The topological polar surface area (TPSA) is 69.2 Å². The minimum Gasteiger partial charge on any atom is -0.399 e. The number of benzene rings is 2. The first kappa shape index (κ1) is 34.1. The molecule has 8 nitrogen and oxygen atoms in total. The third-order valence-electron chi connectivity index (χ3n) is 8.66. The van der Waals surface area contributed by atoms with Crippen molar-refractivity contribution in [3.05, 3.63) is 65.4 Å². The minimum absolute atomic E-state index is 0. The van der Waals surface area contributed by atoms with Gasteiger partial charge in [0.1, 0.15) is 11.6 Å². The van der Waals surface area contributed by atoms with Gasteiger partial charge in [-0.15, -0.1) is 0 Å². The SMILES string of the molecule is Brc1cccc2cc(N3CCOCC3)ncc12.C.C.CC1(C)OB(c2cccc3cc(N4CCOCC4)ncc23)OC1(C)C. The van der Waals surface area contributed by atoms with Gasteiger partial charge in [-0.05, 0) is 67.5 Å². The molecule has 0 radical (unpaired) electrons. The maximum Gasteiger partial charge on any atom is 0.495 e. The number of ether oxygens (including phenoxy) is 2. The molecule has 2 aromatic carbocycles. The monoisotopic (exact) mass is 664 g/mol. The highest BCUT2D eigenvalue weighted by molar-refractivity contribution is 9.10. The van der Waals surface area contributed by atoms with Gasteiger partial charge < -0.3 is 28.6 Å². The Bertz CT molecular complexity index is 1540. The number of aromatic nitrogens is 2. The molecule has 10 heteroatoms. The second-order valence-corrected chi connectivity index (χ2v) is 12.8. The molecule has 2 aromatic heterocycles. The molecule has 3 saturated heterocycles. The highest BCUT2D eigenvalue weighted by Gasteiger charge is 2.52. The zero-order valence-electron chi connectivity index (χ0n) is 24.8. The highest BCUT2D eigenvalue weighted by atomic mass is 79.9.